The largest absolute Gasteiger partial charge is 1.00 e. The molecule has 0 aliphatic heterocycles. The molecule has 0 aromatic heterocycles. The van der Waals surface area contributed by atoms with Crippen molar-refractivity contribution >= 4 is 22.6 Å². The predicted molar refractivity (Wildman–Crippen MR) is 73.8 cm³/mol. The number of benzene rings is 1. The van der Waals surface area contributed by atoms with Crippen molar-refractivity contribution < 1.29 is 28.5 Å². The van der Waals surface area contributed by atoms with Gasteiger partial charge in [0.1, 0.15) is 4.55 Å². The maximum atomic E-state index is 3.22. The minimum Gasteiger partial charge on any atom is -1.00 e. The van der Waals surface area contributed by atoms with Gasteiger partial charge >= 0.3 is 0 Å². The van der Waals surface area contributed by atoms with E-state index >= 15 is 0 Å². The van der Waals surface area contributed by atoms with Gasteiger partial charge in [0, 0.05) is 5.56 Å². The molecule has 0 amide bonds. The summed E-state index contributed by atoms with van der Waals surface area (Å²) < 4.78 is 2.16. The van der Waals surface area contributed by atoms with E-state index in [2.05, 4.69) is 48.5 Å². The fourth-order valence-corrected chi connectivity index (χ4v) is 1.45. The van der Waals surface area contributed by atoms with Crippen molar-refractivity contribution in [1.82, 2.24) is 0 Å². The highest BCUT2D eigenvalue weighted by atomic mass is 127. The second-order valence-corrected chi connectivity index (χ2v) is 4.88. The molecule has 1 nitrogen and oxygen atoms in total. The minimum absolute atomic E-state index is 0. The van der Waals surface area contributed by atoms with Crippen LogP contribution in [0.1, 0.15) is 12.0 Å². The number of nitrogens with zero attached hydrogens (tertiary/aromatic N) is 1. The summed E-state index contributed by atoms with van der Waals surface area (Å²) in [5, 5.41) is 0. The first-order valence-corrected chi connectivity index (χ1v) is 6.58. The van der Waals surface area contributed by atoms with E-state index in [9.17, 15) is 0 Å². The lowest BCUT2D eigenvalue weighted by Gasteiger charge is -2.25. The average molecular weight is 441 g/mol. The molecule has 0 aliphatic carbocycles. The van der Waals surface area contributed by atoms with Crippen LogP contribution in [0.2, 0.25) is 0 Å². The summed E-state index contributed by atoms with van der Waals surface area (Å²) in [5.74, 6) is 6.40. The smallest absolute Gasteiger partial charge is 0.129 e. The third kappa shape index (κ3) is 6.71. The Bertz CT molecular complexity index is 349. The van der Waals surface area contributed by atoms with Crippen molar-refractivity contribution in [3.63, 3.8) is 0 Å². The molecule has 0 saturated heterocycles. The summed E-state index contributed by atoms with van der Waals surface area (Å²) in [4.78, 5) is 0. The Morgan fingerprint density at radius 1 is 1.19 bits per heavy atom. The third-order valence-corrected chi connectivity index (χ3v) is 4.02. The molecule has 0 bridgehead atoms. The minimum atomic E-state index is 0. The molecule has 0 heterocycles. The molecule has 0 aliphatic rings. The second-order valence-electron chi connectivity index (χ2n) is 4.20. The highest BCUT2D eigenvalue weighted by molar-refractivity contribution is 14.1. The maximum absolute atomic E-state index is 3.22. The van der Waals surface area contributed by atoms with Crippen LogP contribution < -0.4 is 24.0 Å². The zero-order valence-electron chi connectivity index (χ0n) is 9.71. The number of alkyl halides is 1. The number of hydrogen-bond acceptors (Lipinski definition) is 0. The first-order chi connectivity index (χ1) is 7.14. The van der Waals surface area contributed by atoms with Crippen LogP contribution in [0.25, 0.3) is 0 Å². The Balaban J connectivity index is 0.00000225. The molecule has 0 unspecified atom stereocenters. The summed E-state index contributed by atoms with van der Waals surface area (Å²) in [5.41, 5.74) is 1.11. The molecule has 0 spiro atoms. The van der Waals surface area contributed by atoms with Gasteiger partial charge in [-0.15, -0.1) is 0 Å². The summed E-state index contributed by atoms with van der Waals surface area (Å²) in [6.45, 7) is 1.11. The average Bonchev–Trinajstić information content (AvgIpc) is 2.26. The van der Waals surface area contributed by atoms with E-state index in [0.29, 0.717) is 0 Å². The van der Waals surface area contributed by atoms with Crippen LogP contribution in [-0.4, -0.2) is 29.7 Å². The first-order valence-electron chi connectivity index (χ1n) is 5.06. The summed E-state index contributed by atoms with van der Waals surface area (Å²) in [6.07, 6.45) is 0.963. The Hall–Kier alpha value is 0.200. The Morgan fingerprint density at radius 2 is 1.81 bits per heavy atom. The lowest BCUT2D eigenvalue weighted by Crippen LogP contribution is -3.00. The van der Waals surface area contributed by atoms with E-state index in [0.717, 1.165) is 27.6 Å². The van der Waals surface area contributed by atoms with Gasteiger partial charge in [-0.25, -0.2) is 0 Å². The van der Waals surface area contributed by atoms with Crippen LogP contribution in [0.15, 0.2) is 30.3 Å². The molecule has 88 valence electrons. The lowest BCUT2D eigenvalue weighted by molar-refractivity contribution is -0.873. The zero-order valence-corrected chi connectivity index (χ0v) is 14.0. The number of hydrogen-bond donors (Lipinski definition) is 0. The molecule has 0 saturated carbocycles. The molecule has 0 atom stereocenters. The third-order valence-electron chi connectivity index (χ3n) is 2.17. The van der Waals surface area contributed by atoms with E-state index in [-0.39, 0.29) is 24.0 Å². The number of quaternary nitrogens is 1. The van der Waals surface area contributed by atoms with Gasteiger partial charge in [0.15, 0.2) is 0 Å². The Kier molecular flexibility index (Phi) is 8.42. The van der Waals surface area contributed by atoms with Crippen LogP contribution in [-0.2, 0) is 0 Å². The van der Waals surface area contributed by atoms with Crippen molar-refractivity contribution in [2.75, 3.05) is 25.2 Å². The quantitative estimate of drug-likeness (QED) is 0.202. The summed E-state index contributed by atoms with van der Waals surface area (Å²) in [6, 6.07) is 10.2. The van der Waals surface area contributed by atoms with Gasteiger partial charge in [0.05, 0.1) is 27.1 Å². The zero-order chi connectivity index (χ0) is 11.1. The van der Waals surface area contributed by atoms with Gasteiger partial charge in [-0.1, -0.05) is 30.0 Å². The van der Waals surface area contributed by atoms with Crippen LogP contribution in [0.5, 0.6) is 0 Å². The monoisotopic (exact) mass is 441 g/mol. The van der Waals surface area contributed by atoms with Gasteiger partial charge < -0.3 is 28.5 Å². The molecular formula is C13H17I2N. The molecule has 0 radical (unpaired) electrons. The van der Waals surface area contributed by atoms with E-state index in [4.69, 9.17) is 0 Å². The van der Waals surface area contributed by atoms with Crippen LogP contribution in [0, 0.1) is 11.8 Å². The highest BCUT2D eigenvalue weighted by Gasteiger charge is 2.09. The van der Waals surface area contributed by atoms with Crippen LogP contribution in [0.4, 0.5) is 0 Å². The molecule has 1 aromatic rings. The molecule has 16 heavy (non-hydrogen) atoms. The topological polar surface area (TPSA) is 0 Å². The molecular weight excluding hydrogens is 424 g/mol. The van der Waals surface area contributed by atoms with Crippen LogP contribution in [0.3, 0.4) is 0 Å². The molecule has 0 N–H and O–H groups in total. The van der Waals surface area contributed by atoms with Crippen molar-refractivity contribution in [3.8, 4) is 11.8 Å². The molecule has 1 aromatic carbocycles. The van der Waals surface area contributed by atoms with Crippen LogP contribution >= 0.6 is 22.6 Å². The van der Waals surface area contributed by atoms with E-state index in [1.165, 1.54) is 0 Å². The molecule has 1 rings (SSSR count). The number of halogens is 2. The van der Waals surface area contributed by atoms with Gasteiger partial charge in [0.2, 0.25) is 0 Å². The maximum Gasteiger partial charge on any atom is 0.129 e. The fraction of sp³-hybridized carbons (Fsp3) is 0.385. The van der Waals surface area contributed by atoms with E-state index in [1.807, 2.05) is 30.3 Å². The van der Waals surface area contributed by atoms with Gasteiger partial charge in [-0.05, 0) is 34.7 Å². The van der Waals surface area contributed by atoms with E-state index in [1.54, 1.807) is 0 Å². The van der Waals surface area contributed by atoms with Gasteiger partial charge in [-0.3, -0.25) is 0 Å². The van der Waals surface area contributed by atoms with Crippen molar-refractivity contribution in [1.29, 1.82) is 0 Å². The Labute approximate surface area is 129 Å². The van der Waals surface area contributed by atoms with Crippen molar-refractivity contribution in [3.05, 3.63) is 35.9 Å². The SMILES string of the molecule is C[N+](C)(CI)CCC#Cc1ccccc1.[I-]. The first kappa shape index (κ1) is 16.2. The fourth-order valence-electron chi connectivity index (χ4n) is 1.10. The van der Waals surface area contributed by atoms with Crippen molar-refractivity contribution in [2.45, 2.75) is 6.42 Å². The summed E-state index contributed by atoms with van der Waals surface area (Å²) in [7, 11) is 4.47. The van der Waals surface area contributed by atoms with Gasteiger partial charge in [-0.2, -0.15) is 0 Å². The van der Waals surface area contributed by atoms with Gasteiger partial charge in [0.25, 0.3) is 0 Å². The Morgan fingerprint density at radius 3 is 2.38 bits per heavy atom. The molecule has 3 heteroatoms. The van der Waals surface area contributed by atoms with Crippen molar-refractivity contribution in [2.24, 2.45) is 0 Å². The summed E-state index contributed by atoms with van der Waals surface area (Å²) >= 11 is 2.42. The second kappa shape index (κ2) is 8.31. The molecule has 0 fully saturated rings. The number of rotatable bonds is 3. The highest BCUT2D eigenvalue weighted by Crippen LogP contribution is 2.02. The predicted octanol–water partition coefficient (Wildman–Crippen LogP) is -0.0989. The van der Waals surface area contributed by atoms with E-state index < -0.39 is 0 Å². The normalized spacial score (nSPS) is 9.94. The lowest BCUT2D eigenvalue weighted by atomic mass is 10.2. The standard InChI is InChI=1S/C13H17IN.HI/c1-15(2,12-14)11-7-6-10-13-8-4-3-5-9-13;/h3-5,8-9H,7,11-12H2,1-2H3;1H/q+1;/p-1.